The van der Waals surface area contributed by atoms with Gasteiger partial charge in [0.1, 0.15) is 0 Å². The molecule has 104 valence electrons. The summed E-state index contributed by atoms with van der Waals surface area (Å²) in [4.78, 5) is 0. The van der Waals surface area contributed by atoms with Crippen molar-refractivity contribution >= 4 is 0 Å². The summed E-state index contributed by atoms with van der Waals surface area (Å²) < 4.78 is 0. The van der Waals surface area contributed by atoms with E-state index in [4.69, 9.17) is 0 Å². The lowest BCUT2D eigenvalue weighted by Gasteiger charge is -2.15. The zero-order valence-electron chi connectivity index (χ0n) is 12.9. The van der Waals surface area contributed by atoms with Gasteiger partial charge in [-0.1, -0.05) is 33.4 Å². The Kier molecular flexibility index (Phi) is 8.27. The summed E-state index contributed by atoms with van der Waals surface area (Å²) in [5.74, 6) is 0.649. The highest BCUT2D eigenvalue weighted by molar-refractivity contribution is 5.32. The van der Waals surface area contributed by atoms with E-state index in [1.54, 1.807) is 0 Å². The average molecular weight is 250 g/mol. The van der Waals surface area contributed by atoms with Gasteiger partial charge in [-0.05, 0) is 44.8 Å². The van der Waals surface area contributed by atoms with Crippen molar-refractivity contribution < 1.29 is 0 Å². The van der Waals surface area contributed by atoms with Crippen LogP contribution in [0, 0.1) is 5.92 Å². The minimum atomic E-state index is 0.420. The molecule has 0 bridgehead atoms. The Hall–Kier alpha value is -1.18. The zero-order valence-corrected chi connectivity index (χ0v) is 12.9. The van der Waals surface area contributed by atoms with Crippen LogP contribution in [0.4, 0.5) is 0 Å². The Morgan fingerprint density at radius 1 is 1.22 bits per heavy atom. The SMILES string of the molecule is C=C(NC(C)C)/C(C)=C/C(=C/CC)NCC(C)C. The van der Waals surface area contributed by atoms with Crippen molar-refractivity contribution in [3.63, 3.8) is 0 Å². The van der Waals surface area contributed by atoms with Gasteiger partial charge in [0.05, 0.1) is 0 Å². The molecule has 2 N–H and O–H groups in total. The summed E-state index contributed by atoms with van der Waals surface area (Å²) in [5, 5.41) is 6.81. The summed E-state index contributed by atoms with van der Waals surface area (Å²) in [7, 11) is 0. The van der Waals surface area contributed by atoms with Crippen LogP contribution in [-0.4, -0.2) is 12.6 Å². The maximum atomic E-state index is 4.07. The molecule has 0 fully saturated rings. The summed E-state index contributed by atoms with van der Waals surface area (Å²) in [6.45, 7) is 18.0. The molecule has 0 rings (SSSR count). The highest BCUT2D eigenvalue weighted by atomic mass is 14.9. The Labute approximate surface area is 113 Å². The molecular weight excluding hydrogens is 220 g/mol. The molecule has 0 radical (unpaired) electrons. The molecule has 0 aromatic heterocycles. The molecule has 2 heteroatoms. The smallest absolute Gasteiger partial charge is 0.0303 e. The van der Waals surface area contributed by atoms with Crippen molar-refractivity contribution in [3.8, 4) is 0 Å². The van der Waals surface area contributed by atoms with Crippen molar-refractivity contribution in [1.82, 2.24) is 10.6 Å². The Morgan fingerprint density at radius 2 is 1.83 bits per heavy atom. The molecule has 0 saturated heterocycles. The molecule has 0 saturated carbocycles. The van der Waals surface area contributed by atoms with E-state index in [0.717, 1.165) is 18.7 Å². The van der Waals surface area contributed by atoms with Crippen molar-refractivity contribution in [2.24, 2.45) is 5.92 Å². The highest BCUT2D eigenvalue weighted by Gasteiger charge is 2.01. The van der Waals surface area contributed by atoms with E-state index in [0.29, 0.717) is 12.0 Å². The molecular formula is C16H30N2. The largest absolute Gasteiger partial charge is 0.385 e. The standard InChI is InChI=1S/C16H30N2/c1-8-9-16(17-11-12(2)3)10-14(6)15(7)18-13(4)5/h9-10,12-13,17-18H,7-8,11H2,1-6H3/b14-10+,16-9-. The van der Waals surface area contributed by atoms with E-state index < -0.39 is 0 Å². The molecule has 0 aliphatic heterocycles. The van der Waals surface area contributed by atoms with E-state index >= 15 is 0 Å². The Balaban J connectivity index is 4.63. The fraction of sp³-hybridized carbons (Fsp3) is 0.625. The fourth-order valence-corrected chi connectivity index (χ4v) is 1.51. The molecule has 0 heterocycles. The van der Waals surface area contributed by atoms with E-state index in [2.05, 4.69) is 70.9 Å². The highest BCUT2D eigenvalue weighted by Crippen LogP contribution is 2.08. The van der Waals surface area contributed by atoms with Gasteiger partial charge in [-0.15, -0.1) is 0 Å². The number of nitrogens with one attached hydrogen (secondary N) is 2. The number of hydrogen-bond donors (Lipinski definition) is 2. The summed E-state index contributed by atoms with van der Waals surface area (Å²) in [6.07, 6.45) is 5.42. The van der Waals surface area contributed by atoms with Gasteiger partial charge < -0.3 is 10.6 Å². The first-order valence-corrected chi connectivity index (χ1v) is 6.94. The molecule has 0 atom stereocenters. The zero-order chi connectivity index (χ0) is 14.1. The third-order valence-corrected chi connectivity index (χ3v) is 2.45. The summed E-state index contributed by atoms with van der Waals surface area (Å²) >= 11 is 0. The van der Waals surface area contributed by atoms with Crippen LogP contribution in [0.25, 0.3) is 0 Å². The maximum absolute atomic E-state index is 4.07. The third-order valence-electron chi connectivity index (χ3n) is 2.45. The van der Waals surface area contributed by atoms with E-state index in [1.807, 2.05) is 0 Å². The molecule has 0 amide bonds. The molecule has 0 spiro atoms. The van der Waals surface area contributed by atoms with Crippen LogP contribution in [0.15, 0.2) is 35.7 Å². The first-order chi connectivity index (χ1) is 8.36. The topological polar surface area (TPSA) is 24.1 Å². The number of allylic oxidation sites excluding steroid dienone is 3. The van der Waals surface area contributed by atoms with E-state index in [9.17, 15) is 0 Å². The van der Waals surface area contributed by atoms with Crippen LogP contribution >= 0.6 is 0 Å². The van der Waals surface area contributed by atoms with Crippen molar-refractivity contribution in [1.29, 1.82) is 0 Å². The lowest BCUT2D eigenvalue weighted by atomic mass is 10.1. The predicted octanol–water partition coefficient (Wildman–Crippen LogP) is 3.98. The molecule has 0 aliphatic rings. The van der Waals surface area contributed by atoms with E-state index in [1.165, 1.54) is 11.3 Å². The molecule has 18 heavy (non-hydrogen) atoms. The van der Waals surface area contributed by atoms with Gasteiger partial charge in [0, 0.05) is 24.0 Å². The van der Waals surface area contributed by atoms with Crippen molar-refractivity contribution in [2.45, 2.75) is 54.0 Å². The average Bonchev–Trinajstić information content (AvgIpc) is 2.25. The maximum Gasteiger partial charge on any atom is 0.0303 e. The second kappa shape index (κ2) is 8.84. The van der Waals surface area contributed by atoms with Crippen LogP contribution in [-0.2, 0) is 0 Å². The Bertz CT molecular complexity index is 309. The minimum absolute atomic E-state index is 0.420. The quantitative estimate of drug-likeness (QED) is 0.637. The van der Waals surface area contributed by atoms with E-state index in [-0.39, 0.29) is 0 Å². The van der Waals surface area contributed by atoms with Gasteiger partial charge in [0.25, 0.3) is 0 Å². The summed E-state index contributed by atoms with van der Waals surface area (Å²) in [6, 6.07) is 0.420. The van der Waals surface area contributed by atoms with Crippen molar-refractivity contribution in [3.05, 3.63) is 35.7 Å². The normalized spacial score (nSPS) is 13.1. The lowest BCUT2D eigenvalue weighted by Crippen LogP contribution is -2.22. The number of hydrogen-bond acceptors (Lipinski definition) is 2. The van der Waals surface area contributed by atoms with Gasteiger partial charge in [-0.2, -0.15) is 0 Å². The van der Waals surface area contributed by atoms with Crippen LogP contribution in [0.5, 0.6) is 0 Å². The molecule has 0 aromatic rings. The number of rotatable bonds is 8. The van der Waals surface area contributed by atoms with Crippen LogP contribution < -0.4 is 10.6 Å². The fourth-order valence-electron chi connectivity index (χ4n) is 1.51. The lowest BCUT2D eigenvalue weighted by molar-refractivity contribution is 0.600. The van der Waals surface area contributed by atoms with Crippen LogP contribution in [0.2, 0.25) is 0 Å². The van der Waals surface area contributed by atoms with Gasteiger partial charge in [0.15, 0.2) is 0 Å². The summed E-state index contributed by atoms with van der Waals surface area (Å²) in [5.41, 5.74) is 3.37. The van der Waals surface area contributed by atoms with Gasteiger partial charge in [0.2, 0.25) is 0 Å². The minimum Gasteiger partial charge on any atom is -0.385 e. The van der Waals surface area contributed by atoms with Gasteiger partial charge in [-0.25, -0.2) is 0 Å². The first-order valence-electron chi connectivity index (χ1n) is 6.94. The Morgan fingerprint density at radius 3 is 2.28 bits per heavy atom. The first kappa shape index (κ1) is 16.8. The van der Waals surface area contributed by atoms with Crippen molar-refractivity contribution in [2.75, 3.05) is 6.54 Å². The second-order valence-corrected chi connectivity index (χ2v) is 5.45. The molecule has 0 unspecified atom stereocenters. The van der Waals surface area contributed by atoms with Crippen LogP contribution in [0.1, 0.15) is 48.0 Å². The molecule has 2 nitrogen and oxygen atoms in total. The molecule has 0 aliphatic carbocycles. The monoisotopic (exact) mass is 250 g/mol. The van der Waals surface area contributed by atoms with Gasteiger partial charge in [-0.3, -0.25) is 0 Å². The second-order valence-electron chi connectivity index (χ2n) is 5.45. The third kappa shape index (κ3) is 7.99. The van der Waals surface area contributed by atoms with Crippen LogP contribution in [0.3, 0.4) is 0 Å². The van der Waals surface area contributed by atoms with Gasteiger partial charge >= 0.3 is 0 Å². The molecule has 0 aromatic carbocycles. The predicted molar refractivity (Wildman–Crippen MR) is 82.4 cm³/mol.